The summed E-state index contributed by atoms with van der Waals surface area (Å²) in [5, 5.41) is 3.71. The fourth-order valence-corrected chi connectivity index (χ4v) is 2.56. The molecule has 1 saturated carbocycles. The van der Waals surface area contributed by atoms with E-state index >= 15 is 0 Å². The largest absolute Gasteiger partial charge is 0.316 e. The third kappa shape index (κ3) is 5.67. The van der Waals surface area contributed by atoms with Crippen molar-refractivity contribution in [3.05, 3.63) is 0 Å². The molecule has 0 bridgehead atoms. The van der Waals surface area contributed by atoms with Gasteiger partial charge in [-0.1, -0.05) is 32.1 Å². The second-order valence-corrected chi connectivity index (χ2v) is 6.61. The lowest BCUT2D eigenvalue weighted by atomic mass is 9.87. The van der Waals surface area contributed by atoms with E-state index in [4.69, 9.17) is 0 Å². The van der Waals surface area contributed by atoms with Gasteiger partial charge in [0.25, 0.3) is 0 Å². The summed E-state index contributed by atoms with van der Waals surface area (Å²) in [6, 6.07) is 0. The summed E-state index contributed by atoms with van der Waals surface area (Å²) >= 11 is 0. The molecule has 90 valence electrons. The maximum atomic E-state index is 11.1. The molecule has 0 spiro atoms. The lowest BCUT2D eigenvalue weighted by Crippen LogP contribution is -2.29. The third-order valence-corrected chi connectivity index (χ3v) is 4.75. The summed E-state index contributed by atoms with van der Waals surface area (Å²) in [4.78, 5) is 0. The smallest absolute Gasteiger partial charge is 0.0441 e. The Morgan fingerprint density at radius 1 is 1.33 bits per heavy atom. The van der Waals surface area contributed by atoms with Crippen LogP contribution >= 0.6 is 0 Å². The summed E-state index contributed by atoms with van der Waals surface area (Å²) in [7, 11) is -0.681. The van der Waals surface area contributed by atoms with Crippen molar-refractivity contribution < 1.29 is 4.21 Å². The summed E-state index contributed by atoms with van der Waals surface area (Å²) in [6.45, 7) is 4.05. The molecule has 0 radical (unpaired) electrons. The van der Waals surface area contributed by atoms with Crippen molar-refractivity contribution in [2.75, 3.05) is 19.3 Å². The van der Waals surface area contributed by atoms with Crippen LogP contribution in [0.25, 0.3) is 0 Å². The molecule has 2 atom stereocenters. The van der Waals surface area contributed by atoms with Crippen LogP contribution in [-0.2, 0) is 10.8 Å². The van der Waals surface area contributed by atoms with Gasteiger partial charge in [0.1, 0.15) is 0 Å². The maximum absolute atomic E-state index is 11.1. The van der Waals surface area contributed by atoms with Crippen LogP contribution < -0.4 is 5.32 Å². The van der Waals surface area contributed by atoms with Crippen LogP contribution in [0.3, 0.4) is 0 Å². The monoisotopic (exact) mass is 231 g/mol. The minimum atomic E-state index is -0.681. The van der Waals surface area contributed by atoms with E-state index in [-0.39, 0.29) is 5.25 Å². The van der Waals surface area contributed by atoms with Gasteiger partial charge in [0, 0.05) is 28.9 Å². The fraction of sp³-hybridized carbons (Fsp3) is 1.00. The van der Waals surface area contributed by atoms with Crippen molar-refractivity contribution in [1.29, 1.82) is 0 Å². The van der Waals surface area contributed by atoms with Gasteiger partial charge in [-0.2, -0.15) is 0 Å². The normalized spacial score (nSPS) is 22.5. The zero-order valence-corrected chi connectivity index (χ0v) is 10.9. The average Bonchev–Trinajstić information content (AvgIpc) is 2.25. The van der Waals surface area contributed by atoms with Crippen molar-refractivity contribution in [3.8, 4) is 0 Å². The van der Waals surface area contributed by atoms with Crippen LogP contribution in [0.1, 0.15) is 45.4 Å². The lowest BCUT2D eigenvalue weighted by Gasteiger charge is -2.21. The van der Waals surface area contributed by atoms with Gasteiger partial charge in [-0.05, 0) is 25.8 Å². The Morgan fingerprint density at radius 2 is 2.00 bits per heavy atom. The fourth-order valence-electron chi connectivity index (χ4n) is 2.20. The molecule has 0 amide bonds. The summed E-state index contributed by atoms with van der Waals surface area (Å²) in [5.41, 5.74) is 0. The van der Waals surface area contributed by atoms with Gasteiger partial charge in [-0.25, -0.2) is 0 Å². The molecule has 0 heterocycles. The summed E-state index contributed by atoms with van der Waals surface area (Å²) < 4.78 is 11.1. The van der Waals surface area contributed by atoms with E-state index in [0.29, 0.717) is 0 Å². The van der Waals surface area contributed by atoms with E-state index in [0.717, 1.165) is 19.0 Å². The van der Waals surface area contributed by atoms with Crippen molar-refractivity contribution >= 4 is 10.8 Å². The van der Waals surface area contributed by atoms with E-state index < -0.39 is 10.8 Å². The molecule has 15 heavy (non-hydrogen) atoms. The van der Waals surface area contributed by atoms with Crippen LogP contribution in [0.5, 0.6) is 0 Å². The van der Waals surface area contributed by atoms with Crippen LogP contribution in [0.2, 0.25) is 0 Å². The Morgan fingerprint density at radius 3 is 2.60 bits per heavy atom. The number of hydrogen-bond donors (Lipinski definition) is 1. The van der Waals surface area contributed by atoms with Gasteiger partial charge < -0.3 is 5.32 Å². The van der Waals surface area contributed by atoms with Crippen molar-refractivity contribution in [3.63, 3.8) is 0 Å². The highest BCUT2D eigenvalue weighted by Gasteiger charge is 2.12. The SMILES string of the molecule is CC(CNCCC1CCCCC1)S(C)=O. The molecule has 3 heteroatoms. The Labute approximate surface area is 96.7 Å². The van der Waals surface area contributed by atoms with E-state index in [2.05, 4.69) is 5.32 Å². The van der Waals surface area contributed by atoms with Crippen molar-refractivity contribution in [2.45, 2.75) is 50.7 Å². The minimum absolute atomic E-state index is 0.288. The Bertz CT molecular complexity index is 190. The summed E-state index contributed by atoms with van der Waals surface area (Å²) in [5.74, 6) is 0.952. The minimum Gasteiger partial charge on any atom is -0.316 e. The van der Waals surface area contributed by atoms with Crippen LogP contribution in [0, 0.1) is 5.92 Å². The summed E-state index contributed by atoms with van der Waals surface area (Å²) in [6.07, 6.45) is 10.3. The molecular weight excluding hydrogens is 206 g/mol. The lowest BCUT2D eigenvalue weighted by molar-refractivity contribution is 0.334. The van der Waals surface area contributed by atoms with E-state index in [1.807, 2.05) is 6.92 Å². The molecule has 1 rings (SSSR count). The Kier molecular flexibility index (Phi) is 6.50. The second-order valence-electron chi connectivity index (χ2n) is 4.81. The second kappa shape index (κ2) is 7.39. The van der Waals surface area contributed by atoms with E-state index in [1.54, 1.807) is 6.26 Å². The van der Waals surface area contributed by atoms with Gasteiger partial charge in [-0.3, -0.25) is 4.21 Å². The standard InChI is InChI=1S/C12H25NOS/c1-11(15(2)14)10-13-9-8-12-6-4-3-5-7-12/h11-13H,3-10H2,1-2H3. The molecule has 0 aliphatic heterocycles. The molecule has 1 fully saturated rings. The number of hydrogen-bond acceptors (Lipinski definition) is 2. The maximum Gasteiger partial charge on any atom is 0.0441 e. The Balaban J connectivity index is 1.98. The van der Waals surface area contributed by atoms with Crippen LogP contribution in [0.4, 0.5) is 0 Å². The predicted octanol–water partition coefficient (Wildman–Crippen LogP) is 2.31. The Hall–Kier alpha value is 0.110. The van der Waals surface area contributed by atoms with Gasteiger partial charge in [-0.15, -0.1) is 0 Å². The van der Waals surface area contributed by atoms with Gasteiger partial charge in [0.15, 0.2) is 0 Å². The third-order valence-electron chi connectivity index (χ3n) is 3.45. The van der Waals surface area contributed by atoms with Gasteiger partial charge in [0.2, 0.25) is 0 Å². The van der Waals surface area contributed by atoms with Crippen molar-refractivity contribution in [2.24, 2.45) is 5.92 Å². The predicted molar refractivity (Wildman–Crippen MR) is 67.6 cm³/mol. The molecule has 1 aliphatic rings. The first-order valence-electron chi connectivity index (χ1n) is 6.23. The van der Waals surface area contributed by atoms with Gasteiger partial charge in [0.05, 0.1) is 0 Å². The molecule has 0 saturated heterocycles. The quantitative estimate of drug-likeness (QED) is 0.711. The first kappa shape index (κ1) is 13.2. The molecule has 1 N–H and O–H groups in total. The highest BCUT2D eigenvalue weighted by Crippen LogP contribution is 2.25. The van der Waals surface area contributed by atoms with E-state index in [1.165, 1.54) is 38.5 Å². The van der Waals surface area contributed by atoms with Gasteiger partial charge >= 0.3 is 0 Å². The molecule has 1 aliphatic carbocycles. The molecule has 2 nitrogen and oxygen atoms in total. The van der Waals surface area contributed by atoms with Crippen LogP contribution in [0.15, 0.2) is 0 Å². The zero-order valence-electron chi connectivity index (χ0n) is 10.1. The molecule has 0 aromatic heterocycles. The number of nitrogens with one attached hydrogen (secondary N) is 1. The van der Waals surface area contributed by atoms with Crippen molar-refractivity contribution in [1.82, 2.24) is 5.32 Å². The molecule has 0 aromatic carbocycles. The molecular formula is C12H25NOS. The molecule has 0 aromatic rings. The topological polar surface area (TPSA) is 29.1 Å². The first-order valence-corrected chi connectivity index (χ1v) is 7.85. The van der Waals surface area contributed by atoms with Crippen LogP contribution in [-0.4, -0.2) is 28.8 Å². The van der Waals surface area contributed by atoms with E-state index in [9.17, 15) is 4.21 Å². The zero-order chi connectivity index (χ0) is 11.1. The first-order chi connectivity index (χ1) is 7.20. The molecule has 2 unspecified atom stereocenters. The highest BCUT2D eigenvalue weighted by molar-refractivity contribution is 7.84. The highest BCUT2D eigenvalue weighted by atomic mass is 32.2. The average molecular weight is 231 g/mol. The number of rotatable bonds is 6.